The molecule has 0 saturated carbocycles. The molecule has 1 aromatic rings. The Balaban J connectivity index is 0. The van der Waals surface area contributed by atoms with Crippen LogP contribution in [0.25, 0.3) is 0 Å². The largest absolute Gasteiger partial charge is 0.304 e. The molecule has 2 nitrogen and oxygen atoms in total. The second-order valence-corrected chi connectivity index (χ2v) is 1.91. The lowest BCUT2D eigenvalue weighted by molar-refractivity contribution is -0.106. The monoisotopic (exact) mass is 181 g/mol. The highest BCUT2D eigenvalue weighted by Crippen LogP contribution is 1.91. The number of aldehydes is 1. The van der Waals surface area contributed by atoms with Gasteiger partial charge in [0, 0.05) is 11.9 Å². The van der Waals surface area contributed by atoms with Crippen molar-refractivity contribution in [2.45, 2.75) is 34.1 Å². The van der Waals surface area contributed by atoms with Gasteiger partial charge in [-0.2, -0.15) is 0 Å². The van der Waals surface area contributed by atoms with Gasteiger partial charge in [-0.05, 0) is 25.5 Å². The van der Waals surface area contributed by atoms with E-state index < -0.39 is 0 Å². The first-order chi connectivity index (χ1) is 6.35. The van der Waals surface area contributed by atoms with Crippen molar-refractivity contribution in [1.82, 2.24) is 4.98 Å². The topological polar surface area (TPSA) is 30.0 Å². The highest BCUT2D eigenvalue weighted by atomic mass is 16.1. The third kappa shape index (κ3) is 10.8. The summed E-state index contributed by atoms with van der Waals surface area (Å²) in [6.45, 7) is 7.54. The quantitative estimate of drug-likeness (QED) is 0.623. The molecule has 0 amide bonds. The van der Waals surface area contributed by atoms with Gasteiger partial charge in [0.05, 0.1) is 0 Å². The van der Waals surface area contributed by atoms with Crippen LogP contribution in [0.3, 0.4) is 0 Å². The molecule has 1 aromatic heterocycles. The molecule has 1 rings (SSSR count). The van der Waals surface area contributed by atoms with Gasteiger partial charge in [0.2, 0.25) is 0 Å². The van der Waals surface area contributed by atoms with E-state index in [0.29, 0.717) is 0 Å². The van der Waals surface area contributed by atoms with E-state index in [2.05, 4.69) is 11.9 Å². The summed E-state index contributed by atoms with van der Waals surface area (Å²) in [5.74, 6) is 0. The molecule has 0 aliphatic heterocycles. The van der Waals surface area contributed by atoms with Crippen LogP contribution in [0.5, 0.6) is 0 Å². The number of rotatable bonds is 1. The lowest BCUT2D eigenvalue weighted by atomic mass is 10.3. The maximum atomic E-state index is 8.81. The van der Waals surface area contributed by atoms with Crippen molar-refractivity contribution in [2.75, 3.05) is 0 Å². The van der Waals surface area contributed by atoms with Crippen molar-refractivity contribution in [1.29, 1.82) is 0 Å². The number of aromatic nitrogens is 1. The van der Waals surface area contributed by atoms with Gasteiger partial charge in [-0.25, -0.2) is 0 Å². The van der Waals surface area contributed by atoms with Crippen LogP contribution < -0.4 is 0 Å². The van der Waals surface area contributed by atoms with Crippen molar-refractivity contribution >= 4 is 6.29 Å². The minimum absolute atomic E-state index is 0.750. The third-order valence-corrected chi connectivity index (χ3v) is 1.09. The summed E-state index contributed by atoms with van der Waals surface area (Å²) in [5.41, 5.74) is 1.16. The number of carbonyl (C=O) groups excluding carboxylic acids is 1. The van der Waals surface area contributed by atoms with Crippen LogP contribution in [-0.4, -0.2) is 11.3 Å². The predicted octanol–water partition coefficient (Wildman–Crippen LogP) is 2.88. The first kappa shape index (κ1) is 14.3. The maximum Gasteiger partial charge on any atom is 0.116 e. The highest BCUT2D eigenvalue weighted by molar-refractivity contribution is 5.44. The molecule has 0 aliphatic rings. The van der Waals surface area contributed by atoms with Crippen molar-refractivity contribution in [2.24, 2.45) is 0 Å². The van der Waals surface area contributed by atoms with E-state index in [4.69, 9.17) is 4.79 Å². The molecule has 1 heterocycles. The van der Waals surface area contributed by atoms with Gasteiger partial charge in [-0.3, -0.25) is 4.98 Å². The third-order valence-electron chi connectivity index (χ3n) is 1.09. The lowest BCUT2D eigenvalue weighted by Gasteiger charge is -1.88. The predicted molar refractivity (Wildman–Crippen MR) is 56.7 cm³/mol. The van der Waals surface area contributed by atoms with E-state index in [1.807, 2.05) is 38.2 Å². The highest BCUT2D eigenvalue weighted by Gasteiger charge is 1.81. The number of hydrogen-bond donors (Lipinski definition) is 0. The van der Waals surface area contributed by atoms with Crippen LogP contribution in [0.15, 0.2) is 24.4 Å². The van der Waals surface area contributed by atoms with Crippen LogP contribution >= 0.6 is 0 Å². The Morgan fingerprint density at radius 2 is 1.92 bits per heavy atom. The van der Waals surface area contributed by atoms with E-state index in [9.17, 15) is 0 Å². The Hall–Kier alpha value is -1.18. The van der Waals surface area contributed by atoms with Crippen LogP contribution in [0.1, 0.15) is 33.4 Å². The zero-order chi connectivity index (χ0) is 10.5. The molecular weight excluding hydrogens is 162 g/mol. The van der Waals surface area contributed by atoms with E-state index in [0.717, 1.165) is 18.4 Å². The van der Waals surface area contributed by atoms with Crippen molar-refractivity contribution in [3.8, 4) is 0 Å². The minimum atomic E-state index is 0.750. The number of nitrogens with zero attached hydrogens (tertiary/aromatic N) is 1. The van der Waals surface area contributed by atoms with E-state index in [-0.39, 0.29) is 0 Å². The fraction of sp³-hybridized carbons (Fsp3) is 0.455. The normalized spacial score (nSPS) is 7.08. The van der Waals surface area contributed by atoms with Crippen molar-refractivity contribution in [3.63, 3.8) is 0 Å². The van der Waals surface area contributed by atoms with Gasteiger partial charge in [-0.1, -0.05) is 26.8 Å². The summed E-state index contributed by atoms with van der Waals surface area (Å²) < 4.78 is 0. The molecule has 0 aromatic carbocycles. The number of hydrogen-bond acceptors (Lipinski definition) is 2. The second kappa shape index (κ2) is 13.4. The zero-order valence-electron chi connectivity index (χ0n) is 8.95. The molecule has 0 saturated heterocycles. The van der Waals surface area contributed by atoms with Gasteiger partial charge in [-0.15, -0.1) is 0 Å². The molecule has 0 spiro atoms. The zero-order valence-corrected chi connectivity index (χ0v) is 8.95. The summed E-state index contributed by atoms with van der Waals surface area (Å²) in [7, 11) is 0. The van der Waals surface area contributed by atoms with Crippen LogP contribution in [0, 0.1) is 0 Å². The molecule has 74 valence electrons. The van der Waals surface area contributed by atoms with Crippen molar-refractivity contribution < 1.29 is 4.79 Å². The summed E-state index contributed by atoms with van der Waals surface area (Å²) >= 11 is 0. The Morgan fingerprint density at radius 3 is 2.15 bits per heavy atom. The van der Waals surface area contributed by atoms with E-state index >= 15 is 0 Å². The number of carbonyl (C=O) groups is 1. The molecule has 0 bridgehead atoms. The lowest BCUT2D eigenvalue weighted by Crippen LogP contribution is -1.81. The average Bonchev–Trinajstić information content (AvgIpc) is 2.23. The first-order valence-electron chi connectivity index (χ1n) is 4.64. The Bertz CT molecular complexity index is 185. The van der Waals surface area contributed by atoms with Crippen LogP contribution in [0.4, 0.5) is 0 Å². The van der Waals surface area contributed by atoms with Gasteiger partial charge in [0.15, 0.2) is 0 Å². The first-order valence-corrected chi connectivity index (χ1v) is 4.64. The smallest absolute Gasteiger partial charge is 0.116 e. The molecule has 0 fully saturated rings. The average molecular weight is 181 g/mol. The molecule has 13 heavy (non-hydrogen) atoms. The van der Waals surface area contributed by atoms with Crippen molar-refractivity contribution in [3.05, 3.63) is 30.1 Å². The fourth-order valence-electron chi connectivity index (χ4n) is 0.607. The molecule has 2 heteroatoms. The molecule has 0 unspecified atom stereocenters. The molecule has 0 aliphatic carbocycles. The Labute approximate surface area is 81.0 Å². The number of pyridine rings is 1. The molecule has 0 N–H and O–H groups in total. The SMILES string of the molecule is CC.CC=O.CCc1ccccn1. The Kier molecular flexibility index (Phi) is 14.8. The van der Waals surface area contributed by atoms with Crippen LogP contribution in [0.2, 0.25) is 0 Å². The van der Waals surface area contributed by atoms with Crippen LogP contribution in [-0.2, 0) is 11.2 Å². The molecular formula is C11H19NO. The molecule has 0 radical (unpaired) electrons. The van der Waals surface area contributed by atoms with E-state index in [1.54, 1.807) is 0 Å². The van der Waals surface area contributed by atoms with Gasteiger partial charge in [0.25, 0.3) is 0 Å². The Morgan fingerprint density at radius 1 is 1.38 bits per heavy atom. The fourth-order valence-corrected chi connectivity index (χ4v) is 0.607. The standard InChI is InChI=1S/C7H9N.C2H4O.C2H6/c1-2-7-5-3-4-6-8-7;1-2-3;1-2/h3-6H,2H2,1H3;2H,1H3;1-2H3. The van der Waals surface area contributed by atoms with Gasteiger partial charge < -0.3 is 4.79 Å². The maximum absolute atomic E-state index is 8.81. The van der Waals surface area contributed by atoms with Gasteiger partial charge in [0.1, 0.15) is 6.29 Å². The molecule has 0 atom stereocenters. The summed E-state index contributed by atoms with van der Waals surface area (Å²) in [4.78, 5) is 12.9. The van der Waals surface area contributed by atoms with E-state index in [1.165, 1.54) is 6.92 Å². The summed E-state index contributed by atoms with van der Waals surface area (Å²) in [6, 6.07) is 5.96. The summed E-state index contributed by atoms with van der Waals surface area (Å²) in [5, 5.41) is 0. The number of aryl methyl sites for hydroxylation is 1. The second-order valence-electron chi connectivity index (χ2n) is 1.91. The van der Waals surface area contributed by atoms with Gasteiger partial charge >= 0.3 is 0 Å². The summed E-state index contributed by atoms with van der Waals surface area (Å²) in [6.07, 6.45) is 3.60. The minimum Gasteiger partial charge on any atom is -0.304 e.